The van der Waals surface area contributed by atoms with E-state index in [1.165, 1.54) is 36.0 Å². The number of nitrogens with zero attached hydrogens (tertiary/aromatic N) is 3. The summed E-state index contributed by atoms with van der Waals surface area (Å²) >= 11 is 1.39. The van der Waals surface area contributed by atoms with E-state index in [1.807, 2.05) is 13.8 Å². The van der Waals surface area contributed by atoms with Gasteiger partial charge in [-0.15, -0.1) is 0 Å². The lowest BCUT2D eigenvalue weighted by molar-refractivity contribution is 0.102. The number of amidine groups is 1. The number of rotatable bonds is 4. The topological polar surface area (TPSA) is 106 Å². The van der Waals surface area contributed by atoms with Gasteiger partial charge in [-0.3, -0.25) is 9.79 Å². The van der Waals surface area contributed by atoms with Gasteiger partial charge in [0, 0.05) is 22.1 Å². The van der Waals surface area contributed by atoms with Crippen LogP contribution in [0.2, 0.25) is 0 Å². The van der Waals surface area contributed by atoms with Gasteiger partial charge >= 0.3 is 0 Å². The lowest BCUT2D eigenvalue weighted by Crippen LogP contribution is -2.31. The minimum Gasteiger partial charge on any atom is -0.378 e. The van der Waals surface area contributed by atoms with Crippen LogP contribution >= 0.6 is 11.8 Å². The minimum atomic E-state index is -0.977. The molecule has 0 fully saturated rings. The van der Waals surface area contributed by atoms with E-state index < -0.39 is 23.1 Å². The normalized spacial score (nSPS) is 20.7. The number of carbonyl (C=O) groups is 1. The van der Waals surface area contributed by atoms with Crippen molar-refractivity contribution in [1.82, 2.24) is 10.1 Å². The number of aryl methyl sites for hydroxylation is 2. The summed E-state index contributed by atoms with van der Waals surface area (Å²) in [4.78, 5) is 20.8. The van der Waals surface area contributed by atoms with Crippen LogP contribution in [0.3, 0.4) is 0 Å². The summed E-state index contributed by atoms with van der Waals surface area (Å²) in [5.74, 6) is -0.864. The number of nitrogens with two attached hydrogens (primary N) is 1. The lowest BCUT2D eigenvalue weighted by Gasteiger charge is -2.35. The van der Waals surface area contributed by atoms with Gasteiger partial charge in [0.05, 0.1) is 17.4 Å². The molecule has 1 aliphatic heterocycles. The fourth-order valence-corrected chi connectivity index (χ4v) is 5.27. The number of amides is 1. The van der Waals surface area contributed by atoms with E-state index in [0.29, 0.717) is 28.6 Å². The first-order chi connectivity index (χ1) is 15.2. The van der Waals surface area contributed by atoms with Crippen molar-refractivity contribution < 1.29 is 18.1 Å². The third kappa shape index (κ3) is 4.22. The molecule has 0 spiro atoms. The molecule has 3 heterocycles. The molecule has 3 aromatic rings. The maximum absolute atomic E-state index is 14.9. The van der Waals surface area contributed by atoms with Crippen LogP contribution in [0, 0.1) is 25.5 Å². The van der Waals surface area contributed by atoms with Crippen LogP contribution in [0.4, 0.5) is 14.5 Å². The molecule has 2 atom stereocenters. The van der Waals surface area contributed by atoms with Gasteiger partial charge in [-0.1, -0.05) is 16.9 Å². The molecule has 32 heavy (non-hydrogen) atoms. The van der Waals surface area contributed by atoms with Crippen LogP contribution in [0.1, 0.15) is 51.7 Å². The smallest absolute Gasteiger partial charge is 0.274 e. The van der Waals surface area contributed by atoms with Crippen molar-refractivity contribution in [2.24, 2.45) is 10.7 Å². The standard InChI is InChI=1S/C22H21F2N5O2S/c1-11-19(12(2)31-29-11)18-9-22(3,28-21(25)32-18)15-8-14(5-6-16(15)24)27-20(30)17-7-4-13(23)10-26-17/h4-8,10,18H,9H2,1-3H3,(H2,25,28)(H,27,30)/t18-,22-/m0/s1. The average molecular weight is 458 g/mol. The Bertz CT molecular complexity index is 1190. The van der Waals surface area contributed by atoms with Gasteiger partial charge < -0.3 is 15.6 Å². The number of pyridine rings is 1. The molecule has 3 N–H and O–H groups in total. The van der Waals surface area contributed by atoms with E-state index in [-0.39, 0.29) is 10.9 Å². The second-order valence-electron chi connectivity index (χ2n) is 7.78. The summed E-state index contributed by atoms with van der Waals surface area (Å²) in [6.45, 7) is 5.48. The fraction of sp³-hybridized carbons (Fsp3) is 0.273. The molecule has 7 nitrogen and oxygen atoms in total. The Morgan fingerprint density at radius 2 is 2.06 bits per heavy atom. The van der Waals surface area contributed by atoms with E-state index in [4.69, 9.17) is 10.3 Å². The highest BCUT2D eigenvalue weighted by Gasteiger charge is 2.39. The number of nitrogens with one attached hydrogen (secondary N) is 1. The number of aliphatic imine (C=N–C) groups is 1. The quantitative estimate of drug-likeness (QED) is 0.592. The van der Waals surface area contributed by atoms with Crippen LogP contribution in [-0.2, 0) is 5.54 Å². The molecule has 0 radical (unpaired) electrons. The number of carbonyl (C=O) groups excluding carboxylic acids is 1. The van der Waals surface area contributed by atoms with Crippen LogP contribution in [0.15, 0.2) is 46.0 Å². The second kappa shape index (κ2) is 8.34. The van der Waals surface area contributed by atoms with Crippen molar-refractivity contribution in [1.29, 1.82) is 0 Å². The highest BCUT2D eigenvalue weighted by atomic mass is 32.2. The van der Waals surface area contributed by atoms with Gasteiger partial charge in [0.2, 0.25) is 0 Å². The second-order valence-corrected chi connectivity index (χ2v) is 9.01. The van der Waals surface area contributed by atoms with E-state index in [1.54, 1.807) is 6.92 Å². The molecule has 1 aliphatic rings. The fourth-order valence-electron chi connectivity index (χ4n) is 3.87. The summed E-state index contributed by atoms with van der Waals surface area (Å²) in [7, 11) is 0. The van der Waals surface area contributed by atoms with Crippen molar-refractivity contribution in [2.45, 2.75) is 38.0 Å². The highest BCUT2D eigenvalue weighted by molar-refractivity contribution is 8.14. The molecule has 166 valence electrons. The van der Waals surface area contributed by atoms with E-state index in [0.717, 1.165) is 23.5 Å². The minimum absolute atomic E-state index is 0.0401. The van der Waals surface area contributed by atoms with Crippen molar-refractivity contribution in [2.75, 3.05) is 5.32 Å². The Morgan fingerprint density at radius 3 is 2.72 bits per heavy atom. The molecule has 0 unspecified atom stereocenters. The number of thioether (sulfide) groups is 1. The third-order valence-corrected chi connectivity index (χ3v) is 6.40. The molecule has 0 bridgehead atoms. The first-order valence-corrected chi connectivity index (χ1v) is 10.7. The van der Waals surface area contributed by atoms with Crippen LogP contribution < -0.4 is 11.1 Å². The first-order valence-electron chi connectivity index (χ1n) is 9.84. The van der Waals surface area contributed by atoms with E-state index in [2.05, 4.69) is 20.4 Å². The largest absolute Gasteiger partial charge is 0.378 e. The molecule has 0 aliphatic carbocycles. The first kappa shape index (κ1) is 21.9. The van der Waals surface area contributed by atoms with Crippen LogP contribution in [0.5, 0.6) is 0 Å². The highest BCUT2D eigenvalue weighted by Crippen LogP contribution is 2.48. The van der Waals surface area contributed by atoms with Crippen LogP contribution in [-0.4, -0.2) is 21.2 Å². The number of anilines is 1. The maximum Gasteiger partial charge on any atom is 0.274 e. The number of hydrogen-bond acceptors (Lipinski definition) is 7. The van der Waals surface area contributed by atoms with Gasteiger partial charge in [0.25, 0.3) is 5.91 Å². The SMILES string of the molecule is Cc1noc(C)c1[C@@H]1C[C@@](C)(c2cc(NC(=O)c3ccc(F)cn3)ccc2F)N=C(N)S1. The number of benzene rings is 1. The zero-order chi connectivity index (χ0) is 23.0. The monoisotopic (exact) mass is 457 g/mol. The van der Waals surface area contributed by atoms with E-state index in [9.17, 15) is 13.6 Å². The molecule has 10 heteroatoms. The van der Waals surface area contributed by atoms with Gasteiger partial charge in [0.15, 0.2) is 5.17 Å². The summed E-state index contributed by atoms with van der Waals surface area (Å²) in [6.07, 6.45) is 1.41. The Labute approximate surface area is 187 Å². The average Bonchev–Trinajstić information content (AvgIpc) is 3.07. The number of aromatic nitrogens is 2. The molecule has 4 rings (SSSR count). The molecular weight excluding hydrogens is 436 g/mol. The third-order valence-electron chi connectivity index (χ3n) is 5.38. The Morgan fingerprint density at radius 1 is 1.28 bits per heavy atom. The zero-order valence-corrected chi connectivity index (χ0v) is 18.5. The van der Waals surface area contributed by atoms with Crippen molar-refractivity contribution in [3.63, 3.8) is 0 Å². The van der Waals surface area contributed by atoms with Crippen LogP contribution in [0.25, 0.3) is 0 Å². The van der Waals surface area contributed by atoms with Crippen molar-refractivity contribution in [3.05, 3.63) is 76.4 Å². The predicted octanol–water partition coefficient (Wildman–Crippen LogP) is 4.63. The van der Waals surface area contributed by atoms with Crippen molar-refractivity contribution >= 4 is 28.5 Å². The van der Waals surface area contributed by atoms with Gasteiger partial charge in [-0.25, -0.2) is 13.8 Å². The maximum atomic E-state index is 14.9. The van der Waals surface area contributed by atoms with Crippen molar-refractivity contribution in [3.8, 4) is 0 Å². The molecule has 1 amide bonds. The molecular formula is C22H21F2N5O2S. The Kier molecular flexibility index (Phi) is 5.72. The van der Waals surface area contributed by atoms with Gasteiger partial charge in [-0.2, -0.15) is 0 Å². The zero-order valence-electron chi connectivity index (χ0n) is 17.6. The number of hydrogen-bond donors (Lipinski definition) is 2. The molecule has 1 aromatic carbocycles. The molecule has 2 aromatic heterocycles. The summed E-state index contributed by atoms with van der Waals surface area (Å²) in [5.41, 5.74) is 7.53. The Balaban J connectivity index is 1.65. The summed E-state index contributed by atoms with van der Waals surface area (Å²) < 4.78 is 33.3. The Hall–Kier alpha value is -3.27. The van der Waals surface area contributed by atoms with Gasteiger partial charge in [-0.05, 0) is 57.5 Å². The summed E-state index contributed by atoms with van der Waals surface area (Å²) in [5, 5.41) is 6.89. The van der Waals surface area contributed by atoms with Gasteiger partial charge in [0.1, 0.15) is 23.1 Å². The number of halogens is 2. The predicted molar refractivity (Wildman–Crippen MR) is 118 cm³/mol. The molecule has 0 saturated carbocycles. The molecule has 0 saturated heterocycles. The van der Waals surface area contributed by atoms with E-state index >= 15 is 0 Å². The lowest BCUT2D eigenvalue weighted by atomic mass is 9.85. The summed E-state index contributed by atoms with van der Waals surface area (Å²) in [6, 6.07) is 6.67.